The van der Waals surface area contributed by atoms with Crippen LogP contribution in [-0.2, 0) is 4.74 Å². The second-order valence-electron chi connectivity index (χ2n) is 7.03. The fraction of sp³-hybridized carbons (Fsp3) is 0.600. The van der Waals surface area contributed by atoms with Gasteiger partial charge >= 0.3 is 6.09 Å². The van der Waals surface area contributed by atoms with E-state index in [9.17, 15) is 14.9 Å². The molecule has 132 valence electrons. The van der Waals surface area contributed by atoms with Crippen molar-refractivity contribution in [3.05, 3.63) is 28.4 Å². The van der Waals surface area contributed by atoms with Gasteiger partial charge in [-0.3, -0.25) is 10.1 Å². The topological polar surface area (TPSA) is 88.8 Å². The largest absolute Gasteiger partial charge is 0.450 e. The summed E-state index contributed by atoms with van der Waals surface area (Å²) in [6.45, 7) is 9.61. The number of aromatic nitrogens is 1. The molecule has 0 N–H and O–H groups in total. The number of anilines is 1. The molecule has 0 aliphatic carbocycles. The van der Waals surface area contributed by atoms with Gasteiger partial charge in [0.2, 0.25) is 0 Å². The van der Waals surface area contributed by atoms with Crippen LogP contribution in [0.3, 0.4) is 0 Å². The first-order chi connectivity index (χ1) is 11.3. The van der Waals surface area contributed by atoms with Gasteiger partial charge in [-0.05, 0) is 12.1 Å². The molecule has 8 nitrogen and oxygen atoms in total. The highest BCUT2D eigenvalue weighted by Crippen LogP contribution is 2.17. The van der Waals surface area contributed by atoms with E-state index >= 15 is 0 Å². The number of carbonyl (C=O) groups is 1. The van der Waals surface area contributed by atoms with Crippen molar-refractivity contribution in [3.63, 3.8) is 0 Å². The van der Waals surface area contributed by atoms with E-state index in [4.69, 9.17) is 4.74 Å². The fourth-order valence-corrected chi connectivity index (χ4v) is 3.04. The van der Waals surface area contributed by atoms with Crippen molar-refractivity contribution >= 4 is 25.7 Å². The number of rotatable bonds is 5. The Morgan fingerprint density at radius 2 is 1.96 bits per heavy atom. The second kappa shape index (κ2) is 7.60. The Kier molecular flexibility index (Phi) is 5.76. The molecular weight excluding hydrogens is 328 g/mol. The first-order valence-corrected chi connectivity index (χ1v) is 11.7. The van der Waals surface area contributed by atoms with Crippen LogP contribution in [-0.4, -0.2) is 61.8 Å². The normalized spacial score (nSPS) is 15.3. The smallest absolute Gasteiger partial charge is 0.409 e. The zero-order valence-corrected chi connectivity index (χ0v) is 15.4. The average molecular weight is 352 g/mol. The van der Waals surface area contributed by atoms with Gasteiger partial charge in [0.25, 0.3) is 5.69 Å². The van der Waals surface area contributed by atoms with Crippen molar-refractivity contribution in [3.8, 4) is 0 Å². The number of piperazine rings is 1. The van der Waals surface area contributed by atoms with E-state index in [-0.39, 0.29) is 11.8 Å². The van der Waals surface area contributed by atoms with Crippen LogP contribution >= 0.6 is 0 Å². The van der Waals surface area contributed by atoms with Gasteiger partial charge in [-0.1, -0.05) is 19.6 Å². The maximum absolute atomic E-state index is 12.1. The summed E-state index contributed by atoms with van der Waals surface area (Å²) in [6, 6.07) is 4.05. The van der Waals surface area contributed by atoms with E-state index < -0.39 is 13.0 Å². The summed E-state index contributed by atoms with van der Waals surface area (Å²) < 4.78 is 5.35. The lowest BCUT2D eigenvalue weighted by Crippen LogP contribution is -2.49. The lowest BCUT2D eigenvalue weighted by atomic mass is 10.3. The summed E-state index contributed by atoms with van der Waals surface area (Å²) in [5.74, 6) is 0.687. The van der Waals surface area contributed by atoms with Crippen LogP contribution in [0.4, 0.5) is 16.3 Å². The number of nitro groups is 1. The molecule has 0 bridgehead atoms. The number of hydrogen-bond acceptors (Lipinski definition) is 6. The Hall–Kier alpha value is -2.16. The summed E-state index contributed by atoms with van der Waals surface area (Å²) in [5.41, 5.74) is -0.0247. The Labute approximate surface area is 142 Å². The summed E-state index contributed by atoms with van der Waals surface area (Å²) in [5, 5.41) is 10.7. The number of amides is 1. The molecule has 0 radical (unpaired) electrons. The number of ether oxygens (including phenoxy) is 1. The molecule has 2 heterocycles. The van der Waals surface area contributed by atoms with Crippen LogP contribution in [0.5, 0.6) is 0 Å². The Morgan fingerprint density at radius 1 is 1.29 bits per heavy atom. The summed E-state index contributed by atoms with van der Waals surface area (Å²) in [6.07, 6.45) is 0.997. The van der Waals surface area contributed by atoms with Crippen LogP contribution in [0.15, 0.2) is 18.3 Å². The van der Waals surface area contributed by atoms with Gasteiger partial charge < -0.3 is 14.5 Å². The molecule has 1 aromatic rings. The standard InChI is InChI=1S/C15H24N4O4Si/c1-24(2,3)11-10-23-15(20)18-8-6-17(7-9-18)14-5-4-13(12-16-14)19(21)22/h4-5,12H,6-11H2,1-3H3. The van der Waals surface area contributed by atoms with Crippen molar-refractivity contribution in [2.45, 2.75) is 25.7 Å². The quantitative estimate of drug-likeness (QED) is 0.460. The highest BCUT2D eigenvalue weighted by Gasteiger charge is 2.24. The third-order valence-electron chi connectivity index (χ3n) is 3.88. The highest BCUT2D eigenvalue weighted by atomic mass is 28.3. The van der Waals surface area contributed by atoms with Crippen LogP contribution in [0.25, 0.3) is 0 Å². The second-order valence-corrected chi connectivity index (χ2v) is 12.7. The monoisotopic (exact) mass is 352 g/mol. The van der Waals surface area contributed by atoms with Gasteiger partial charge in [0.05, 0.1) is 11.5 Å². The maximum atomic E-state index is 12.1. The average Bonchev–Trinajstić information content (AvgIpc) is 2.54. The van der Waals surface area contributed by atoms with Gasteiger partial charge in [-0.2, -0.15) is 0 Å². The van der Waals surface area contributed by atoms with Crippen molar-refractivity contribution in [2.24, 2.45) is 0 Å². The lowest BCUT2D eigenvalue weighted by molar-refractivity contribution is -0.385. The summed E-state index contributed by atoms with van der Waals surface area (Å²) in [4.78, 5) is 30.1. The van der Waals surface area contributed by atoms with E-state index in [1.807, 2.05) is 4.90 Å². The Balaban J connectivity index is 1.80. The molecule has 0 atom stereocenters. The van der Waals surface area contributed by atoms with Crippen molar-refractivity contribution in [1.29, 1.82) is 0 Å². The molecule has 24 heavy (non-hydrogen) atoms. The minimum atomic E-state index is -1.20. The SMILES string of the molecule is C[Si](C)(C)CCOC(=O)N1CCN(c2ccc([N+](=O)[O-])cn2)CC1. The minimum Gasteiger partial charge on any atom is -0.450 e. The molecule has 9 heteroatoms. The van der Waals surface area contributed by atoms with Gasteiger partial charge in [0, 0.05) is 40.3 Å². The number of hydrogen-bond donors (Lipinski definition) is 0. The van der Waals surface area contributed by atoms with Crippen molar-refractivity contribution in [2.75, 3.05) is 37.7 Å². The summed E-state index contributed by atoms with van der Waals surface area (Å²) >= 11 is 0. The first-order valence-electron chi connectivity index (χ1n) is 8.03. The molecule has 0 saturated carbocycles. The Bertz CT molecular complexity index is 580. The zero-order valence-electron chi connectivity index (χ0n) is 14.4. The van der Waals surface area contributed by atoms with Crippen LogP contribution < -0.4 is 4.90 Å². The molecular formula is C15H24N4O4Si. The number of pyridine rings is 1. The molecule has 1 saturated heterocycles. The zero-order chi connectivity index (χ0) is 17.7. The number of nitrogens with zero attached hydrogens (tertiary/aromatic N) is 4. The predicted molar refractivity (Wildman–Crippen MR) is 94.2 cm³/mol. The maximum Gasteiger partial charge on any atom is 0.409 e. The van der Waals surface area contributed by atoms with E-state index in [1.165, 1.54) is 12.3 Å². The molecule has 1 fully saturated rings. The van der Waals surface area contributed by atoms with Crippen LogP contribution in [0.2, 0.25) is 25.7 Å². The molecule has 1 amide bonds. The molecule has 0 spiro atoms. The minimum absolute atomic E-state index is 0.0247. The first kappa shape index (κ1) is 18.2. The van der Waals surface area contributed by atoms with E-state index in [0.717, 1.165) is 6.04 Å². The molecule has 2 rings (SSSR count). The third-order valence-corrected chi connectivity index (χ3v) is 5.59. The molecule has 1 aliphatic heterocycles. The highest BCUT2D eigenvalue weighted by molar-refractivity contribution is 6.76. The van der Waals surface area contributed by atoms with Gasteiger partial charge in [-0.15, -0.1) is 0 Å². The van der Waals surface area contributed by atoms with Crippen molar-refractivity contribution in [1.82, 2.24) is 9.88 Å². The Morgan fingerprint density at radius 3 is 2.46 bits per heavy atom. The third kappa shape index (κ3) is 5.19. The molecule has 0 aromatic carbocycles. The van der Waals surface area contributed by atoms with Crippen LogP contribution in [0, 0.1) is 10.1 Å². The molecule has 0 unspecified atom stereocenters. The van der Waals surface area contributed by atoms with E-state index in [1.54, 1.807) is 11.0 Å². The van der Waals surface area contributed by atoms with Crippen molar-refractivity contribution < 1.29 is 14.5 Å². The summed E-state index contributed by atoms with van der Waals surface area (Å²) in [7, 11) is -1.20. The molecule has 1 aliphatic rings. The van der Waals surface area contributed by atoms with Gasteiger partial charge in [0.15, 0.2) is 0 Å². The lowest BCUT2D eigenvalue weighted by Gasteiger charge is -2.34. The van der Waals surface area contributed by atoms with E-state index in [2.05, 4.69) is 24.6 Å². The van der Waals surface area contributed by atoms with Crippen LogP contribution in [0.1, 0.15) is 0 Å². The predicted octanol–water partition coefficient (Wildman–Crippen LogP) is 2.59. The fourth-order valence-electron chi connectivity index (χ4n) is 2.33. The van der Waals surface area contributed by atoms with Gasteiger partial charge in [-0.25, -0.2) is 9.78 Å². The van der Waals surface area contributed by atoms with Gasteiger partial charge in [0.1, 0.15) is 12.0 Å². The molecule has 1 aromatic heterocycles. The number of carbonyl (C=O) groups excluding carboxylic acids is 1. The van der Waals surface area contributed by atoms with E-state index in [0.29, 0.717) is 38.6 Å².